The molecule has 2 atom stereocenters. The lowest BCUT2D eigenvalue weighted by Crippen LogP contribution is -2.26. The molecule has 0 bridgehead atoms. The Morgan fingerprint density at radius 1 is 1.42 bits per heavy atom. The van der Waals surface area contributed by atoms with E-state index in [0.717, 1.165) is 29.4 Å². The van der Waals surface area contributed by atoms with Crippen LogP contribution in [0.25, 0.3) is 11.3 Å². The Bertz CT molecular complexity index is 567. The molecule has 100 valence electrons. The molecule has 0 saturated carbocycles. The van der Waals surface area contributed by atoms with Crippen molar-refractivity contribution >= 4 is 17.0 Å². The lowest BCUT2D eigenvalue weighted by molar-refractivity contribution is 0.121. The molecule has 1 saturated heterocycles. The molecule has 2 heterocycles. The molecule has 0 radical (unpaired) electrons. The third kappa shape index (κ3) is 2.80. The van der Waals surface area contributed by atoms with Crippen molar-refractivity contribution in [3.63, 3.8) is 0 Å². The summed E-state index contributed by atoms with van der Waals surface area (Å²) in [6, 6.07) is 8.86. The number of aryl methyl sites for hydroxylation is 1. The summed E-state index contributed by atoms with van der Waals surface area (Å²) in [7, 11) is 0. The van der Waals surface area contributed by atoms with Gasteiger partial charge in [0, 0.05) is 23.2 Å². The van der Waals surface area contributed by atoms with E-state index >= 15 is 0 Å². The first-order valence-corrected chi connectivity index (χ1v) is 7.51. The third-order valence-electron chi connectivity index (χ3n) is 3.51. The number of nitrogens with zero attached hydrogens (tertiary/aromatic N) is 1. The van der Waals surface area contributed by atoms with Crippen molar-refractivity contribution in [1.82, 2.24) is 4.98 Å². The smallest absolute Gasteiger partial charge is 0.0901 e. The number of rotatable bonds is 3. The second kappa shape index (κ2) is 5.31. The fraction of sp³-hybridized carbons (Fsp3) is 0.400. The highest BCUT2D eigenvalue weighted by atomic mass is 32.1. The number of ether oxygens (including phenoxy) is 1. The van der Waals surface area contributed by atoms with E-state index in [0.29, 0.717) is 6.04 Å². The molecular weight excluding hydrogens is 256 g/mol. The summed E-state index contributed by atoms with van der Waals surface area (Å²) < 4.78 is 5.58. The molecule has 0 aliphatic carbocycles. The van der Waals surface area contributed by atoms with E-state index in [9.17, 15) is 0 Å². The van der Waals surface area contributed by atoms with Crippen LogP contribution in [0.5, 0.6) is 0 Å². The first-order chi connectivity index (χ1) is 9.22. The summed E-state index contributed by atoms with van der Waals surface area (Å²) in [6.45, 7) is 5.01. The number of thiazole rings is 1. The van der Waals surface area contributed by atoms with E-state index in [1.165, 1.54) is 5.56 Å². The Labute approximate surface area is 117 Å². The number of benzene rings is 1. The SMILES string of the molecule is Cc1nc(-c2cccc(NC3CCOC3C)c2)cs1. The molecule has 4 heteroatoms. The molecule has 1 aromatic heterocycles. The van der Waals surface area contributed by atoms with Gasteiger partial charge in [-0.1, -0.05) is 12.1 Å². The standard InChI is InChI=1S/C15H18N2OS/c1-10-14(6-7-18-10)17-13-5-3-4-12(8-13)15-9-19-11(2)16-15/h3-5,8-10,14,17H,6-7H2,1-2H3. The maximum atomic E-state index is 5.58. The van der Waals surface area contributed by atoms with Crippen molar-refractivity contribution in [3.05, 3.63) is 34.7 Å². The van der Waals surface area contributed by atoms with Crippen molar-refractivity contribution in [2.45, 2.75) is 32.4 Å². The summed E-state index contributed by atoms with van der Waals surface area (Å²) in [5.74, 6) is 0. The van der Waals surface area contributed by atoms with E-state index in [2.05, 4.69) is 46.9 Å². The fourth-order valence-electron chi connectivity index (χ4n) is 2.40. The van der Waals surface area contributed by atoms with Gasteiger partial charge >= 0.3 is 0 Å². The quantitative estimate of drug-likeness (QED) is 0.926. The van der Waals surface area contributed by atoms with Crippen LogP contribution < -0.4 is 5.32 Å². The van der Waals surface area contributed by atoms with Gasteiger partial charge in [-0.2, -0.15) is 0 Å². The number of anilines is 1. The molecular formula is C15H18N2OS. The topological polar surface area (TPSA) is 34.2 Å². The molecule has 1 aromatic carbocycles. The number of hydrogen-bond donors (Lipinski definition) is 1. The van der Waals surface area contributed by atoms with Crippen LogP contribution in [0.15, 0.2) is 29.6 Å². The van der Waals surface area contributed by atoms with E-state index in [4.69, 9.17) is 4.74 Å². The van der Waals surface area contributed by atoms with Crippen LogP contribution in [0.3, 0.4) is 0 Å². The van der Waals surface area contributed by atoms with Crippen LogP contribution in [0.1, 0.15) is 18.4 Å². The normalized spacial score (nSPS) is 22.6. The average Bonchev–Trinajstić information content (AvgIpc) is 3.00. The minimum atomic E-state index is 0.283. The van der Waals surface area contributed by atoms with E-state index < -0.39 is 0 Å². The minimum absolute atomic E-state index is 0.283. The molecule has 1 fully saturated rings. The minimum Gasteiger partial charge on any atom is -0.380 e. The predicted octanol–water partition coefficient (Wildman–Crippen LogP) is 3.71. The Morgan fingerprint density at radius 3 is 3.00 bits per heavy atom. The molecule has 0 amide bonds. The van der Waals surface area contributed by atoms with Gasteiger partial charge in [0.05, 0.1) is 22.8 Å². The molecule has 3 nitrogen and oxygen atoms in total. The average molecular weight is 274 g/mol. The highest BCUT2D eigenvalue weighted by Gasteiger charge is 2.23. The Morgan fingerprint density at radius 2 is 2.32 bits per heavy atom. The van der Waals surface area contributed by atoms with E-state index in [-0.39, 0.29) is 6.10 Å². The van der Waals surface area contributed by atoms with Crippen LogP contribution in [0.2, 0.25) is 0 Å². The Balaban J connectivity index is 1.80. The molecule has 2 aromatic rings. The van der Waals surface area contributed by atoms with Crippen LogP contribution >= 0.6 is 11.3 Å². The zero-order chi connectivity index (χ0) is 13.2. The number of aromatic nitrogens is 1. The first kappa shape index (κ1) is 12.6. The number of hydrogen-bond acceptors (Lipinski definition) is 4. The molecule has 1 aliphatic heterocycles. The largest absolute Gasteiger partial charge is 0.380 e. The fourth-order valence-corrected chi connectivity index (χ4v) is 3.02. The maximum Gasteiger partial charge on any atom is 0.0901 e. The summed E-state index contributed by atoms with van der Waals surface area (Å²) >= 11 is 1.69. The van der Waals surface area contributed by atoms with Crippen molar-refractivity contribution in [2.75, 3.05) is 11.9 Å². The molecule has 0 spiro atoms. The second-order valence-electron chi connectivity index (χ2n) is 4.95. The highest BCUT2D eigenvalue weighted by Crippen LogP contribution is 2.26. The van der Waals surface area contributed by atoms with Crippen LogP contribution in [-0.2, 0) is 4.74 Å². The van der Waals surface area contributed by atoms with E-state index in [1.54, 1.807) is 11.3 Å². The summed E-state index contributed by atoms with van der Waals surface area (Å²) in [6.07, 6.45) is 1.35. The molecule has 2 unspecified atom stereocenters. The van der Waals surface area contributed by atoms with Crippen LogP contribution in [0, 0.1) is 6.92 Å². The van der Waals surface area contributed by atoms with Gasteiger partial charge in [-0.05, 0) is 32.4 Å². The summed E-state index contributed by atoms with van der Waals surface area (Å²) in [5, 5.41) is 6.77. The third-order valence-corrected chi connectivity index (χ3v) is 4.28. The van der Waals surface area contributed by atoms with Gasteiger partial charge in [0.15, 0.2) is 0 Å². The van der Waals surface area contributed by atoms with Gasteiger partial charge < -0.3 is 10.1 Å². The lowest BCUT2D eigenvalue weighted by atomic mass is 10.1. The summed E-state index contributed by atoms with van der Waals surface area (Å²) in [5.41, 5.74) is 3.37. The molecule has 1 N–H and O–H groups in total. The maximum absolute atomic E-state index is 5.58. The van der Waals surface area contributed by atoms with Gasteiger partial charge in [-0.15, -0.1) is 11.3 Å². The Kier molecular flexibility index (Phi) is 3.53. The molecule has 19 heavy (non-hydrogen) atoms. The zero-order valence-corrected chi connectivity index (χ0v) is 12.0. The molecule has 3 rings (SSSR count). The van der Waals surface area contributed by atoms with Crippen molar-refractivity contribution in [2.24, 2.45) is 0 Å². The highest BCUT2D eigenvalue weighted by molar-refractivity contribution is 7.09. The van der Waals surface area contributed by atoms with Crippen molar-refractivity contribution in [3.8, 4) is 11.3 Å². The second-order valence-corrected chi connectivity index (χ2v) is 6.01. The van der Waals surface area contributed by atoms with Gasteiger partial charge in [0.1, 0.15) is 0 Å². The molecule has 1 aliphatic rings. The Hall–Kier alpha value is -1.39. The van der Waals surface area contributed by atoms with Crippen LogP contribution in [-0.4, -0.2) is 23.7 Å². The van der Waals surface area contributed by atoms with Gasteiger partial charge in [0.25, 0.3) is 0 Å². The monoisotopic (exact) mass is 274 g/mol. The first-order valence-electron chi connectivity index (χ1n) is 6.63. The van der Waals surface area contributed by atoms with Gasteiger partial charge in [-0.25, -0.2) is 4.98 Å². The van der Waals surface area contributed by atoms with Crippen molar-refractivity contribution < 1.29 is 4.74 Å². The summed E-state index contributed by atoms with van der Waals surface area (Å²) in [4.78, 5) is 4.53. The number of nitrogens with one attached hydrogen (secondary N) is 1. The predicted molar refractivity (Wildman–Crippen MR) is 79.7 cm³/mol. The lowest BCUT2D eigenvalue weighted by Gasteiger charge is -2.17. The van der Waals surface area contributed by atoms with Gasteiger partial charge in [0.2, 0.25) is 0 Å². The zero-order valence-electron chi connectivity index (χ0n) is 11.2. The van der Waals surface area contributed by atoms with E-state index in [1.807, 2.05) is 6.92 Å². The van der Waals surface area contributed by atoms with Crippen molar-refractivity contribution in [1.29, 1.82) is 0 Å². The van der Waals surface area contributed by atoms with Crippen LogP contribution in [0.4, 0.5) is 5.69 Å². The van der Waals surface area contributed by atoms with Gasteiger partial charge in [-0.3, -0.25) is 0 Å².